The minimum atomic E-state index is -0.929. The number of aromatic carboxylic acids is 1. The molecule has 4 heteroatoms. The van der Waals surface area contributed by atoms with E-state index in [9.17, 15) is 4.79 Å². The van der Waals surface area contributed by atoms with Crippen molar-refractivity contribution in [3.63, 3.8) is 0 Å². The van der Waals surface area contributed by atoms with Gasteiger partial charge in [0.2, 0.25) is 0 Å². The lowest BCUT2D eigenvalue weighted by atomic mass is 9.91. The summed E-state index contributed by atoms with van der Waals surface area (Å²) in [5.41, 5.74) is 2.90. The van der Waals surface area contributed by atoms with E-state index in [1.54, 1.807) is 24.3 Å². The second-order valence-corrected chi connectivity index (χ2v) is 5.62. The summed E-state index contributed by atoms with van der Waals surface area (Å²) in [4.78, 5) is 10.9. The van der Waals surface area contributed by atoms with Crippen LogP contribution in [-0.2, 0) is 0 Å². The molecule has 0 radical (unpaired) electrons. The topological polar surface area (TPSA) is 73.1 Å². The predicted octanol–water partition coefficient (Wildman–Crippen LogP) is 4.46. The number of carboxylic acid groups (broad SMARTS) is 1. The summed E-state index contributed by atoms with van der Waals surface area (Å²) < 4.78 is 0. The highest BCUT2D eigenvalue weighted by Crippen LogP contribution is 2.29. The van der Waals surface area contributed by atoms with E-state index in [2.05, 4.69) is 25.2 Å². The van der Waals surface area contributed by atoms with Crippen LogP contribution in [0.3, 0.4) is 0 Å². The Kier molecular flexibility index (Phi) is 5.37. The van der Waals surface area contributed by atoms with Crippen LogP contribution in [0.25, 0.3) is 0 Å². The molecule has 2 aromatic carbocycles. The van der Waals surface area contributed by atoms with Gasteiger partial charge in [0, 0.05) is 5.69 Å². The number of hydrogen-bond donors (Lipinski definition) is 2. The van der Waals surface area contributed by atoms with E-state index in [4.69, 9.17) is 10.4 Å². The fraction of sp³-hybridized carbons (Fsp3) is 0.263. The number of carbonyl (C=O) groups is 1. The van der Waals surface area contributed by atoms with Crippen LogP contribution in [-0.4, -0.2) is 11.1 Å². The number of rotatable bonds is 6. The molecule has 0 saturated heterocycles. The molecule has 0 heterocycles. The average molecular weight is 308 g/mol. The maximum Gasteiger partial charge on any atom is 0.335 e. The van der Waals surface area contributed by atoms with Crippen LogP contribution in [0.4, 0.5) is 5.69 Å². The first-order valence-electron chi connectivity index (χ1n) is 7.65. The SMILES string of the molecule is CCC(C)C(Nc1ccc(C(=O)O)cc1)c1ccc(C#N)cc1. The van der Waals surface area contributed by atoms with E-state index in [1.807, 2.05) is 24.3 Å². The van der Waals surface area contributed by atoms with Gasteiger partial charge in [0.05, 0.1) is 23.2 Å². The summed E-state index contributed by atoms with van der Waals surface area (Å²) in [5.74, 6) is -0.538. The summed E-state index contributed by atoms with van der Waals surface area (Å²) in [5, 5.41) is 21.4. The van der Waals surface area contributed by atoms with Crippen molar-refractivity contribution in [1.82, 2.24) is 0 Å². The zero-order valence-electron chi connectivity index (χ0n) is 13.3. The maximum absolute atomic E-state index is 10.9. The molecule has 0 spiro atoms. The molecule has 2 N–H and O–H groups in total. The second-order valence-electron chi connectivity index (χ2n) is 5.62. The third-order valence-electron chi connectivity index (χ3n) is 4.07. The van der Waals surface area contributed by atoms with Gasteiger partial charge in [0.25, 0.3) is 0 Å². The van der Waals surface area contributed by atoms with Crippen LogP contribution in [0, 0.1) is 17.2 Å². The Morgan fingerprint density at radius 2 is 1.78 bits per heavy atom. The smallest absolute Gasteiger partial charge is 0.335 e. The lowest BCUT2D eigenvalue weighted by molar-refractivity contribution is 0.0697. The van der Waals surface area contributed by atoms with Crippen LogP contribution in [0.1, 0.15) is 47.8 Å². The molecule has 0 bridgehead atoms. The number of hydrogen-bond acceptors (Lipinski definition) is 3. The Hall–Kier alpha value is -2.80. The average Bonchev–Trinajstić information content (AvgIpc) is 2.59. The minimum absolute atomic E-state index is 0.100. The zero-order valence-corrected chi connectivity index (χ0v) is 13.3. The van der Waals surface area contributed by atoms with Gasteiger partial charge < -0.3 is 10.4 Å². The monoisotopic (exact) mass is 308 g/mol. The molecule has 0 aliphatic carbocycles. The summed E-state index contributed by atoms with van der Waals surface area (Å²) in [7, 11) is 0. The number of nitriles is 1. The van der Waals surface area contributed by atoms with E-state index in [1.165, 1.54) is 0 Å². The lowest BCUT2D eigenvalue weighted by Crippen LogP contribution is -2.18. The molecular formula is C19H20N2O2. The van der Waals surface area contributed by atoms with Gasteiger partial charge in [0.15, 0.2) is 0 Å². The number of anilines is 1. The molecule has 0 fully saturated rings. The van der Waals surface area contributed by atoms with Gasteiger partial charge in [-0.3, -0.25) is 0 Å². The standard InChI is InChI=1S/C19H20N2O2/c1-3-13(2)18(15-6-4-14(12-20)5-7-15)21-17-10-8-16(9-11-17)19(22)23/h4-11,13,18,21H,3H2,1-2H3,(H,22,23). The Balaban J connectivity index is 2.24. The lowest BCUT2D eigenvalue weighted by Gasteiger charge is -2.26. The first-order chi connectivity index (χ1) is 11.0. The van der Waals surface area contributed by atoms with Gasteiger partial charge >= 0.3 is 5.97 Å². The molecular weight excluding hydrogens is 288 g/mol. The Morgan fingerprint density at radius 1 is 1.17 bits per heavy atom. The van der Waals surface area contributed by atoms with Crippen LogP contribution in [0.15, 0.2) is 48.5 Å². The van der Waals surface area contributed by atoms with Gasteiger partial charge in [-0.15, -0.1) is 0 Å². The molecule has 2 unspecified atom stereocenters. The quantitative estimate of drug-likeness (QED) is 0.826. The number of nitrogens with zero attached hydrogens (tertiary/aromatic N) is 1. The highest BCUT2D eigenvalue weighted by atomic mass is 16.4. The molecule has 0 aliphatic rings. The summed E-state index contributed by atoms with van der Waals surface area (Å²) in [6.45, 7) is 4.30. The fourth-order valence-electron chi connectivity index (χ4n) is 2.44. The summed E-state index contributed by atoms with van der Waals surface area (Å²) in [6.07, 6.45) is 1.00. The van der Waals surface area contributed by atoms with Crippen molar-refractivity contribution in [3.8, 4) is 6.07 Å². The van der Waals surface area contributed by atoms with Crippen LogP contribution >= 0.6 is 0 Å². The van der Waals surface area contributed by atoms with Gasteiger partial charge in [-0.2, -0.15) is 5.26 Å². The zero-order chi connectivity index (χ0) is 16.8. The third-order valence-corrected chi connectivity index (χ3v) is 4.07. The predicted molar refractivity (Wildman–Crippen MR) is 90.4 cm³/mol. The van der Waals surface area contributed by atoms with Crippen molar-refractivity contribution >= 4 is 11.7 Å². The van der Waals surface area contributed by atoms with Gasteiger partial charge in [-0.05, 0) is 47.9 Å². The van der Waals surface area contributed by atoms with E-state index < -0.39 is 5.97 Å². The molecule has 0 aliphatic heterocycles. The van der Waals surface area contributed by atoms with Crippen LogP contribution < -0.4 is 5.32 Å². The fourth-order valence-corrected chi connectivity index (χ4v) is 2.44. The van der Waals surface area contributed by atoms with E-state index >= 15 is 0 Å². The molecule has 2 atom stereocenters. The second kappa shape index (κ2) is 7.46. The first kappa shape index (κ1) is 16.6. The molecule has 2 rings (SSSR count). The van der Waals surface area contributed by atoms with E-state index in [0.717, 1.165) is 17.7 Å². The van der Waals surface area contributed by atoms with Crippen LogP contribution in [0.5, 0.6) is 0 Å². The molecule has 0 aromatic heterocycles. The molecule has 2 aromatic rings. The van der Waals surface area contributed by atoms with E-state index in [0.29, 0.717) is 11.5 Å². The first-order valence-corrected chi connectivity index (χ1v) is 7.65. The third kappa shape index (κ3) is 4.10. The van der Waals surface area contributed by atoms with Crippen molar-refractivity contribution in [2.45, 2.75) is 26.3 Å². The normalized spacial score (nSPS) is 12.9. The molecule has 0 amide bonds. The van der Waals surface area contributed by atoms with Crippen molar-refractivity contribution in [3.05, 3.63) is 65.2 Å². The number of carboxylic acids is 1. The molecule has 118 valence electrons. The van der Waals surface area contributed by atoms with E-state index in [-0.39, 0.29) is 11.6 Å². The van der Waals surface area contributed by atoms with Gasteiger partial charge in [-0.1, -0.05) is 32.4 Å². The molecule has 4 nitrogen and oxygen atoms in total. The molecule has 0 saturated carbocycles. The number of nitrogens with one attached hydrogen (secondary N) is 1. The summed E-state index contributed by atoms with van der Waals surface area (Å²) in [6, 6.07) is 16.5. The van der Waals surface area contributed by atoms with Crippen molar-refractivity contribution in [2.24, 2.45) is 5.92 Å². The van der Waals surface area contributed by atoms with Crippen molar-refractivity contribution in [1.29, 1.82) is 5.26 Å². The van der Waals surface area contributed by atoms with Crippen molar-refractivity contribution < 1.29 is 9.90 Å². The Bertz CT molecular complexity index is 700. The minimum Gasteiger partial charge on any atom is -0.478 e. The summed E-state index contributed by atoms with van der Waals surface area (Å²) >= 11 is 0. The van der Waals surface area contributed by atoms with Gasteiger partial charge in [-0.25, -0.2) is 4.79 Å². The van der Waals surface area contributed by atoms with Crippen molar-refractivity contribution in [2.75, 3.05) is 5.32 Å². The highest BCUT2D eigenvalue weighted by Gasteiger charge is 2.18. The molecule has 23 heavy (non-hydrogen) atoms. The van der Waals surface area contributed by atoms with Crippen LogP contribution in [0.2, 0.25) is 0 Å². The maximum atomic E-state index is 10.9. The largest absolute Gasteiger partial charge is 0.478 e. The highest BCUT2D eigenvalue weighted by molar-refractivity contribution is 5.88. The Labute approximate surface area is 136 Å². The number of benzene rings is 2. The Morgan fingerprint density at radius 3 is 2.26 bits per heavy atom. The van der Waals surface area contributed by atoms with Gasteiger partial charge in [0.1, 0.15) is 0 Å².